The van der Waals surface area contributed by atoms with Crippen molar-refractivity contribution in [2.45, 2.75) is 341 Å². The normalized spacial score (nSPS) is 12.0. The zero-order valence-corrected chi connectivity index (χ0v) is 44.7. The lowest BCUT2D eigenvalue weighted by atomic mass is 10.0. The summed E-state index contributed by atoms with van der Waals surface area (Å²) in [5, 5.41) is 0. The van der Waals surface area contributed by atoms with Crippen molar-refractivity contribution >= 4 is 17.9 Å². The zero-order chi connectivity index (χ0) is 47.9. The van der Waals surface area contributed by atoms with Crippen molar-refractivity contribution in [1.29, 1.82) is 0 Å². The third-order valence-corrected chi connectivity index (χ3v) is 13.5. The molecule has 0 aromatic heterocycles. The van der Waals surface area contributed by atoms with E-state index in [0.29, 0.717) is 19.3 Å². The highest BCUT2D eigenvalue weighted by atomic mass is 16.6. The Bertz CT molecular complexity index is 1020. The number of hydrogen-bond acceptors (Lipinski definition) is 6. The third-order valence-electron chi connectivity index (χ3n) is 13.5. The molecule has 0 bridgehead atoms. The number of carbonyl (C=O) groups excluding carboxylic acids is 3. The maximum atomic E-state index is 12.8. The highest BCUT2D eigenvalue weighted by Crippen LogP contribution is 2.17. The maximum absolute atomic E-state index is 12.8. The summed E-state index contributed by atoms with van der Waals surface area (Å²) in [6, 6.07) is 0. The number of esters is 3. The average molecular weight is 932 g/mol. The Labute approximate surface area is 411 Å². The highest BCUT2D eigenvalue weighted by Gasteiger charge is 2.19. The fourth-order valence-corrected chi connectivity index (χ4v) is 9.03. The van der Waals surface area contributed by atoms with Crippen LogP contribution in [0.5, 0.6) is 0 Å². The van der Waals surface area contributed by atoms with Crippen LogP contribution in [0.1, 0.15) is 335 Å². The second-order valence-corrected chi connectivity index (χ2v) is 20.3. The topological polar surface area (TPSA) is 78.9 Å². The third kappa shape index (κ3) is 53.1. The molecule has 0 N–H and O–H groups in total. The first-order valence-electron chi connectivity index (χ1n) is 29.7. The van der Waals surface area contributed by atoms with Crippen molar-refractivity contribution in [3.05, 3.63) is 12.2 Å². The molecule has 0 rings (SSSR count). The van der Waals surface area contributed by atoms with Gasteiger partial charge in [0.2, 0.25) is 0 Å². The molecule has 0 aliphatic rings. The lowest BCUT2D eigenvalue weighted by Crippen LogP contribution is -2.30. The lowest BCUT2D eigenvalue weighted by molar-refractivity contribution is -0.167. The van der Waals surface area contributed by atoms with Crippen LogP contribution in [0.15, 0.2) is 12.2 Å². The zero-order valence-electron chi connectivity index (χ0n) is 44.7. The van der Waals surface area contributed by atoms with Crippen LogP contribution >= 0.6 is 0 Å². The van der Waals surface area contributed by atoms with Crippen molar-refractivity contribution in [3.63, 3.8) is 0 Å². The fourth-order valence-electron chi connectivity index (χ4n) is 9.03. The summed E-state index contributed by atoms with van der Waals surface area (Å²) in [6.07, 6.45) is 63.8. The second kappa shape index (κ2) is 55.7. The number of unbranched alkanes of at least 4 members (excludes halogenated alkanes) is 42. The Hall–Kier alpha value is -1.85. The van der Waals surface area contributed by atoms with E-state index in [2.05, 4.69) is 32.9 Å². The molecule has 0 fully saturated rings. The Balaban J connectivity index is 4.11. The molecule has 6 heteroatoms. The minimum absolute atomic E-state index is 0.0650. The molecule has 0 radical (unpaired) electrons. The minimum Gasteiger partial charge on any atom is -0.462 e. The van der Waals surface area contributed by atoms with E-state index in [1.165, 1.54) is 238 Å². The van der Waals surface area contributed by atoms with Crippen LogP contribution in [0.2, 0.25) is 0 Å². The van der Waals surface area contributed by atoms with Gasteiger partial charge in [0.15, 0.2) is 6.10 Å². The second-order valence-electron chi connectivity index (χ2n) is 20.3. The van der Waals surface area contributed by atoms with Gasteiger partial charge in [0.1, 0.15) is 13.2 Å². The number of rotatable bonds is 55. The van der Waals surface area contributed by atoms with Gasteiger partial charge in [-0.25, -0.2) is 0 Å². The smallest absolute Gasteiger partial charge is 0.306 e. The molecule has 6 nitrogen and oxygen atoms in total. The predicted molar refractivity (Wildman–Crippen MR) is 284 cm³/mol. The van der Waals surface area contributed by atoms with E-state index in [0.717, 1.165) is 57.8 Å². The molecule has 0 aromatic carbocycles. The van der Waals surface area contributed by atoms with Gasteiger partial charge in [-0.1, -0.05) is 283 Å². The number of ether oxygens (including phenoxy) is 3. The first-order chi connectivity index (χ1) is 32.5. The molecule has 1 unspecified atom stereocenters. The van der Waals surface area contributed by atoms with Crippen LogP contribution in [0.25, 0.3) is 0 Å². The number of hydrogen-bond donors (Lipinski definition) is 0. The summed E-state index contributed by atoms with van der Waals surface area (Å²) in [6.45, 7) is 6.65. The summed E-state index contributed by atoms with van der Waals surface area (Å²) in [7, 11) is 0. The van der Waals surface area contributed by atoms with Crippen LogP contribution in [-0.4, -0.2) is 37.2 Å². The van der Waals surface area contributed by atoms with E-state index < -0.39 is 6.10 Å². The molecule has 0 aromatic rings. The maximum Gasteiger partial charge on any atom is 0.306 e. The molecule has 66 heavy (non-hydrogen) atoms. The largest absolute Gasteiger partial charge is 0.462 e. The molecule has 0 aliphatic carbocycles. The van der Waals surface area contributed by atoms with Crippen LogP contribution in [0.3, 0.4) is 0 Å². The van der Waals surface area contributed by atoms with Crippen molar-refractivity contribution < 1.29 is 28.6 Å². The molecule has 0 spiro atoms. The van der Waals surface area contributed by atoms with Gasteiger partial charge in [-0.15, -0.1) is 0 Å². The fraction of sp³-hybridized carbons (Fsp3) is 0.917. The first-order valence-corrected chi connectivity index (χ1v) is 29.7. The highest BCUT2D eigenvalue weighted by molar-refractivity contribution is 5.71. The predicted octanol–water partition coefficient (Wildman–Crippen LogP) is 19.7. The van der Waals surface area contributed by atoms with E-state index in [9.17, 15) is 14.4 Å². The molecule has 1 atom stereocenters. The van der Waals surface area contributed by atoms with Crippen molar-refractivity contribution in [2.75, 3.05) is 13.2 Å². The SMILES string of the molecule is CCCCCCCCCC/C=C\CCCCCCCCCCCCCC(=O)OCC(COC(=O)CCCCCCCCC)OC(=O)CCCCCCCCCCCCCCCCCCCC. The molecule has 0 saturated heterocycles. The minimum atomic E-state index is -0.763. The van der Waals surface area contributed by atoms with Gasteiger partial charge in [0.25, 0.3) is 0 Å². The molecular formula is C60H114O6. The summed E-state index contributed by atoms with van der Waals surface area (Å²) in [4.78, 5) is 38.0. The van der Waals surface area contributed by atoms with E-state index in [1.807, 2.05) is 0 Å². The Kier molecular flexibility index (Phi) is 54.2. The molecule has 390 valence electrons. The monoisotopic (exact) mass is 931 g/mol. The van der Waals surface area contributed by atoms with Gasteiger partial charge in [0, 0.05) is 19.3 Å². The van der Waals surface area contributed by atoms with Gasteiger partial charge in [-0.2, -0.15) is 0 Å². The van der Waals surface area contributed by atoms with Gasteiger partial charge < -0.3 is 14.2 Å². The van der Waals surface area contributed by atoms with Crippen LogP contribution in [-0.2, 0) is 28.6 Å². The van der Waals surface area contributed by atoms with Crippen LogP contribution in [0.4, 0.5) is 0 Å². The van der Waals surface area contributed by atoms with E-state index >= 15 is 0 Å². The number of carbonyl (C=O) groups is 3. The molecule has 0 amide bonds. The van der Waals surface area contributed by atoms with Crippen LogP contribution in [0, 0.1) is 0 Å². The van der Waals surface area contributed by atoms with Gasteiger partial charge in [-0.3, -0.25) is 14.4 Å². The summed E-state index contributed by atoms with van der Waals surface area (Å²) in [5.74, 6) is -0.849. The van der Waals surface area contributed by atoms with Gasteiger partial charge >= 0.3 is 17.9 Å². The van der Waals surface area contributed by atoms with Crippen molar-refractivity contribution in [2.24, 2.45) is 0 Å². The summed E-state index contributed by atoms with van der Waals surface area (Å²) in [5.41, 5.74) is 0. The number of allylic oxidation sites excluding steroid dienone is 2. The summed E-state index contributed by atoms with van der Waals surface area (Å²) < 4.78 is 16.8. The van der Waals surface area contributed by atoms with E-state index in [-0.39, 0.29) is 31.1 Å². The van der Waals surface area contributed by atoms with Crippen molar-refractivity contribution in [3.8, 4) is 0 Å². The van der Waals surface area contributed by atoms with E-state index in [4.69, 9.17) is 14.2 Å². The Morgan fingerprint density at radius 2 is 0.500 bits per heavy atom. The first kappa shape index (κ1) is 64.2. The Morgan fingerprint density at radius 3 is 0.758 bits per heavy atom. The van der Waals surface area contributed by atoms with Gasteiger partial charge in [0.05, 0.1) is 0 Å². The average Bonchev–Trinajstić information content (AvgIpc) is 3.31. The molecule has 0 saturated carbocycles. The quantitative estimate of drug-likeness (QED) is 0.0262. The van der Waals surface area contributed by atoms with Crippen molar-refractivity contribution in [1.82, 2.24) is 0 Å². The summed E-state index contributed by atoms with van der Waals surface area (Å²) >= 11 is 0. The molecule has 0 aliphatic heterocycles. The molecular weight excluding hydrogens is 817 g/mol. The van der Waals surface area contributed by atoms with Crippen LogP contribution < -0.4 is 0 Å². The standard InChI is InChI=1S/C60H114O6/c1-4-7-10-13-16-18-20-22-24-26-28-29-30-31-32-34-35-37-39-41-44-47-50-53-59(62)65-56-57(55-64-58(61)52-49-46-43-15-12-9-6-3)66-60(63)54-51-48-45-42-40-38-36-33-27-25-23-21-19-17-14-11-8-5-2/h26,28,57H,4-25,27,29-56H2,1-3H3/b28-26-. The Morgan fingerprint density at radius 1 is 0.288 bits per heavy atom. The van der Waals surface area contributed by atoms with Gasteiger partial charge in [-0.05, 0) is 44.9 Å². The molecule has 0 heterocycles. The van der Waals surface area contributed by atoms with E-state index in [1.54, 1.807) is 0 Å². The lowest BCUT2D eigenvalue weighted by Gasteiger charge is -2.18.